The summed E-state index contributed by atoms with van der Waals surface area (Å²) < 4.78 is 0. The van der Waals surface area contributed by atoms with Crippen LogP contribution in [0.25, 0.3) is 0 Å². The van der Waals surface area contributed by atoms with Crippen LogP contribution in [-0.2, 0) is 0 Å². The van der Waals surface area contributed by atoms with E-state index in [9.17, 15) is 5.11 Å². The second-order valence-electron chi connectivity index (χ2n) is 2.78. The Morgan fingerprint density at radius 3 is 2.42 bits per heavy atom. The zero-order valence-corrected chi connectivity index (χ0v) is 7.83. The van der Waals surface area contributed by atoms with Crippen molar-refractivity contribution in [1.82, 2.24) is 0 Å². The van der Waals surface area contributed by atoms with Gasteiger partial charge in [0.2, 0.25) is 0 Å². The Morgan fingerprint density at radius 1 is 1.33 bits per heavy atom. The van der Waals surface area contributed by atoms with E-state index in [4.69, 9.17) is 11.6 Å². The van der Waals surface area contributed by atoms with E-state index in [2.05, 4.69) is 0 Å². The highest BCUT2D eigenvalue weighted by atomic mass is 35.5. The molecule has 0 fully saturated rings. The summed E-state index contributed by atoms with van der Waals surface area (Å²) in [6.45, 7) is 1.96. The maximum absolute atomic E-state index is 9.66. The molecule has 66 valence electrons. The van der Waals surface area contributed by atoms with Gasteiger partial charge in [0.25, 0.3) is 0 Å². The van der Waals surface area contributed by atoms with E-state index in [1.807, 2.05) is 37.3 Å². The van der Waals surface area contributed by atoms with Gasteiger partial charge in [0, 0.05) is 0 Å². The molecule has 1 rings (SSSR count). The fourth-order valence-corrected chi connectivity index (χ4v) is 1.23. The number of benzene rings is 1. The van der Waals surface area contributed by atoms with Crippen LogP contribution in [0.15, 0.2) is 30.3 Å². The van der Waals surface area contributed by atoms with E-state index < -0.39 is 6.10 Å². The molecule has 1 aromatic carbocycles. The monoisotopic (exact) mass is 184 g/mol. The molecule has 0 unspecified atom stereocenters. The molecule has 0 radical (unpaired) electrons. The third-order valence-corrected chi connectivity index (χ3v) is 2.42. The highest BCUT2D eigenvalue weighted by Crippen LogP contribution is 2.22. The van der Waals surface area contributed by atoms with Crippen molar-refractivity contribution in [2.24, 2.45) is 0 Å². The Balaban J connectivity index is 2.71. The first-order chi connectivity index (χ1) is 5.75. The Morgan fingerprint density at radius 2 is 1.92 bits per heavy atom. The maximum atomic E-state index is 9.66. The molecule has 1 aromatic rings. The van der Waals surface area contributed by atoms with Crippen LogP contribution in [0, 0.1) is 0 Å². The number of hydrogen-bond acceptors (Lipinski definition) is 1. The number of halogens is 1. The molecular weight excluding hydrogens is 172 g/mol. The van der Waals surface area contributed by atoms with Crippen LogP contribution in [0.3, 0.4) is 0 Å². The molecule has 0 bridgehead atoms. The van der Waals surface area contributed by atoms with Crippen molar-refractivity contribution < 1.29 is 5.11 Å². The molecule has 1 N–H and O–H groups in total. The maximum Gasteiger partial charge on any atom is 0.0953 e. The van der Waals surface area contributed by atoms with Crippen LogP contribution in [0.2, 0.25) is 0 Å². The molecule has 12 heavy (non-hydrogen) atoms. The van der Waals surface area contributed by atoms with E-state index in [0.717, 1.165) is 12.0 Å². The van der Waals surface area contributed by atoms with E-state index in [0.29, 0.717) is 0 Å². The molecule has 0 aliphatic rings. The molecule has 0 aliphatic heterocycles. The van der Waals surface area contributed by atoms with Gasteiger partial charge in [0.05, 0.1) is 11.5 Å². The van der Waals surface area contributed by atoms with Gasteiger partial charge in [-0.05, 0) is 12.0 Å². The molecule has 0 heterocycles. The first-order valence-corrected chi connectivity index (χ1v) is 4.56. The predicted octanol–water partition coefficient (Wildman–Crippen LogP) is 2.74. The van der Waals surface area contributed by atoms with Crippen molar-refractivity contribution in [1.29, 1.82) is 0 Å². The molecule has 2 heteroatoms. The van der Waals surface area contributed by atoms with Crippen LogP contribution < -0.4 is 0 Å². The van der Waals surface area contributed by atoms with E-state index in [1.165, 1.54) is 0 Å². The SMILES string of the molecule is CC[C@H](Cl)[C@H](O)c1ccccc1. The Labute approximate surface area is 78.0 Å². The van der Waals surface area contributed by atoms with Crippen LogP contribution in [0.5, 0.6) is 0 Å². The van der Waals surface area contributed by atoms with Gasteiger partial charge in [0.1, 0.15) is 0 Å². The van der Waals surface area contributed by atoms with Gasteiger partial charge >= 0.3 is 0 Å². The minimum Gasteiger partial charge on any atom is -0.387 e. The standard InChI is InChI=1S/C10H13ClO/c1-2-9(11)10(12)8-6-4-3-5-7-8/h3-7,9-10,12H,2H2,1H3/t9-,10+/m0/s1. The molecule has 0 saturated heterocycles. The number of rotatable bonds is 3. The smallest absolute Gasteiger partial charge is 0.0953 e. The van der Waals surface area contributed by atoms with E-state index >= 15 is 0 Å². The lowest BCUT2D eigenvalue weighted by atomic mass is 10.1. The van der Waals surface area contributed by atoms with Crippen molar-refractivity contribution >= 4 is 11.6 Å². The molecule has 0 amide bonds. The van der Waals surface area contributed by atoms with Crippen molar-refractivity contribution in [3.8, 4) is 0 Å². The quantitative estimate of drug-likeness (QED) is 0.717. The second kappa shape index (κ2) is 4.48. The summed E-state index contributed by atoms with van der Waals surface area (Å²) >= 11 is 5.90. The fourth-order valence-electron chi connectivity index (χ4n) is 1.08. The van der Waals surface area contributed by atoms with Crippen molar-refractivity contribution in [2.45, 2.75) is 24.8 Å². The largest absolute Gasteiger partial charge is 0.387 e. The number of aliphatic hydroxyl groups excluding tert-OH is 1. The summed E-state index contributed by atoms with van der Waals surface area (Å²) in [6.07, 6.45) is 0.232. The minimum absolute atomic E-state index is 0.188. The lowest BCUT2D eigenvalue weighted by molar-refractivity contribution is 0.170. The summed E-state index contributed by atoms with van der Waals surface area (Å²) in [5.74, 6) is 0. The van der Waals surface area contributed by atoms with Crippen LogP contribution in [0.1, 0.15) is 25.0 Å². The lowest BCUT2D eigenvalue weighted by Gasteiger charge is -2.14. The highest BCUT2D eigenvalue weighted by Gasteiger charge is 2.15. The molecule has 1 nitrogen and oxygen atoms in total. The second-order valence-corrected chi connectivity index (χ2v) is 3.34. The van der Waals surface area contributed by atoms with Crippen molar-refractivity contribution in [2.75, 3.05) is 0 Å². The lowest BCUT2D eigenvalue weighted by Crippen LogP contribution is -2.10. The number of aliphatic hydroxyl groups is 1. The Hall–Kier alpha value is -0.530. The highest BCUT2D eigenvalue weighted by molar-refractivity contribution is 6.21. The predicted molar refractivity (Wildman–Crippen MR) is 51.3 cm³/mol. The van der Waals surface area contributed by atoms with Gasteiger partial charge in [-0.25, -0.2) is 0 Å². The zero-order chi connectivity index (χ0) is 8.97. The van der Waals surface area contributed by atoms with Gasteiger partial charge in [0.15, 0.2) is 0 Å². The summed E-state index contributed by atoms with van der Waals surface area (Å²) in [7, 11) is 0. The van der Waals surface area contributed by atoms with Crippen LogP contribution in [0.4, 0.5) is 0 Å². The van der Waals surface area contributed by atoms with Gasteiger partial charge < -0.3 is 5.11 Å². The fraction of sp³-hybridized carbons (Fsp3) is 0.400. The summed E-state index contributed by atoms with van der Waals surface area (Å²) in [6, 6.07) is 9.49. The van der Waals surface area contributed by atoms with Gasteiger partial charge in [-0.15, -0.1) is 11.6 Å². The topological polar surface area (TPSA) is 20.2 Å². The normalized spacial score (nSPS) is 15.6. The minimum atomic E-state index is -0.544. The van der Waals surface area contributed by atoms with Gasteiger partial charge in [-0.3, -0.25) is 0 Å². The molecule has 0 aliphatic carbocycles. The average Bonchev–Trinajstić information content (AvgIpc) is 2.17. The van der Waals surface area contributed by atoms with Crippen molar-refractivity contribution in [3.05, 3.63) is 35.9 Å². The van der Waals surface area contributed by atoms with E-state index in [-0.39, 0.29) is 5.38 Å². The third kappa shape index (κ3) is 2.23. The summed E-state index contributed by atoms with van der Waals surface area (Å²) in [4.78, 5) is 0. The molecular formula is C10H13ClO. The van der Waals surface area contributed by atoms with Crippen LogP contribution >= 0.6 is 11.6 Å². The van der Waals surface area contributed by atoms with Crippen LogP contribution in [-0.4, -0.2) is 10.5 Å². The summed E-state index contributed by atoms with van der Waals surface area (Å²) in [5, 5.41) is 9.47. The average molecular weight is 185 g/mol. The number of alkyl halides is 1. The Bertz CT molecular complexity index is 223. The molecule has 0 aromatic heterocycles. The molecule has 0 saturated carbocycles. The van der Waals surface area contributed by atoms with Crippen molar-refractivity contribution in [3.63, 3.8) is 0 Å². The number of hydrogen-bond donors (Lipinski definition) is 1. The molecule has 0 spiro atoms. The summed E-state index contributed by atoms with van der Waals surface area (Å²) in [5.41, 5.74) is 0.888. The first-order valence-electron chi connectivity index (χ1n) is 4.12. The first kappa shape index (κ1) is 9.56. The molecule has 2 atom stereocenters. The third-order valence-electron chi connectivity index (χ3n) is 1.87. The van der Waals surface area contributed by atoms with E-state index in [1.54, 1.807) is 0 Å². The Kier molecular flexibility index (Phi) is 3.57. The van der Waals surface area contributed by atoms with Gasteiger partial charge in [-0.1, -0.05) is 37.3 Å². The van der Waals surface area contributed by atoms with Gasteiger partial charge in [-0.2, -0.15) is 0 Å². The zero-order valence-electron chi connectivity index (χ0n) is 7.07.